The van der Waals surface area contributed by atoms with E-state index in [-0.39, 0.29) is 5.82 Å². The number of likely N-dealkylation sites (tertiary alicyclic amines) is 1. The van der Waals surface area contributed by atoms with Crippen LogP contribution < -0.4 is 0 Å². The molecule has 1 fully saturated rings. The summed E-state index contributed by atoms with van der Waals surface area (Å²) >= 11 is 0. The van der Waals surface area contributed by atoms with Gasteiger partial charge in [0.2, 0.25) is 11.8 Å². The zero-order valence-corrected chi connectivity index (χ0v) is 16.0. The second-order valence-corrected chi connectivity index (χ2v) is 7.66. The minimum Gasteiger partial charge on any atom is -0.419 e. The summed E-state index contributed by atoms with van der Waals surface area (Å²) in [5.74, 6) is 2.19. The lowest BCUT2D eigenvalue weighted by Gasteiger charge is -2.31. The largest absolute Gasteiger partial charge is 0.419 e. The number of halogens is 1. The molecular weight excluding hydrogens is 369 g/mol. The van der Waals surface area contributed by atoms with Crippen molar-refractivity contribution in [2.45, 2.75) is 25.8 Å². The molecule has 0 radical (unpaired) electrons. The number of nitrogens with zero attached hydrogens (tertiary/aromatic N) is 4. The average molecular weight is 391 g/mol. The smallest absolute Gasteiger partial charge is 0.247 e. The minimum absolute atomic E-state index is 0.313. The van der Waals surface area contributed by atoms with Crippen molar-refractivity contribution in [2.75, 3.05) is 13.1 Å². The molecule has 7 heteroatoms. The molecular formula is C22H22FN5O. The van der Waals surface area contributed by atoms with E-state index in [9.17, 15) is 4.39 Å². The number of hydrogen-bond acceptors (Lipinski definition) is 5. The summed E-state index contributed by atoms with van der Waals surface area (Å²) in [7, 11) is 0. The molecule has 1 unspecified atom stereocenters. The van der Waals surface area contributed by atoms with E-state index < -0.39 is 0 Å². The number of H-pyrrole nitrogens is 1. The minimum atomic E-state index is -0.313. The number of para-hydroxylation sites is 2. The molecule has 1 saturated heterocycles. The van der Waals surface area contributed by atoms with Crippen molar-refractivity contribution in [1.29, 1.82) is 0 Å². The van der Waals surface area contributed by atoms with Gasteiger partial charge < -0.3 is 9.40 Å². The fraction of sp³-hybridized carbons (Fsp3) is 0.318. The highest BCUT2D eigenvalue weighted by Gasteiger charge is 2.23. The zero-order valence-electron chi connectivity index (χ0n) is 16.0. The van der Waals surface area contributed by atoms with Crippen LogP contribution in [0.5, 0.6) is 0 Å². The lowest BCUT2D eigenvalue weighted by atomic mass is 9.94. The number of hydrogen-bond donors (Lipinski definition) is 1. The lowest BCUT2D eigenvalue weighted by molar-refractivity contribution is 0.153. The van der Waals surface area contributed by atoms with Gasteiger partial charge in [0.15, 0.2) is 0 Å². The lowest BCUT2D eigenvalue weighted by Crippen LogP contribution is -2.36. The molecule has 2 aromatic heterocycles. The quantitative estimate of drug-likeness (QED) is 0.552. The molecule has 29 heavy (non-hydrogen) atoms. The monoisotopic (exact) mass is 391 g/mol. The van der Waals surface area contributed by atoms with Gasteiger partial charge in [0.25, 0.3) is 0 Å². The van der Waals surface area contributed by atoms with Gasteiger partial charge in [0.05, 0.1) is 17.6 Å². The van der Waals surface area contributed by atoms with Gasteiger partial charge in [-0.25, -0.2) is 9.37 Å². The second kappa shape index (κ2) is 7.75. The maximum Gasteiger partial charge on any atom is 0.247 e. The predicted molar refractivity (Wildman–Crippen MR) is 107 cm³/mol. The van der Waals surface area contributed by atoms with Crippen LogP contribution in [0.25, 0.3) is 22.5 Å². The van der Waals surface area contributed by atoms with Gasteiger partial charge in [-0.15, -0.1) is 10.2 Å². The van der Waals surface area contributed by atoms with E-state index in [0.717, 1.165) is 42.8 Å². The number of aromatic nitrogens is 4. The Bertz CT molecular complexity index is 1090. The Morgan fingerprint density at radius 2 is 2.07 bits per heavy atom. The van der Waals surface area contributed by atoms with Crippen LogP contribution in [0.3, 0.4) is 0 Å². The highest BCUT2D eigenvalue weighted by Crippen LogP contribution is 2.24. The van der Waals surface area contributed by atoms with Crippen molar-refractivity contribution in [1.82, 2.24) is 25.1 Å². The molecule has 4 aromatic rings. The molecule has 1 atom stereocenters. The number of piperidine rings is 1. The van der Waals surface area contributed by atoms with Crippen LogP contribution in [-0.2, 0) is 13.0 Å². The maximum absolute atomic E-state index is 13.4. The fourth-order valence-electron chi connectivity index (χ4n) is 4.08. The Labute approximate surface area is 167 Å². The third-order valence-corrected chi connectivity index (χ3v) is 5.42. The third kappa shape index (κ3) is 4.05. The molecule has 1 aliphatic heterocycles. The Morgan fingerprint density at radius 3 is 2.97 bits per heavy atom. The Balaban J connectivity index is 1.23. The van der Waals surface area contributed by atoms with Crippen LogP contribution in [-0.4, -0.2) is 38.2 Å². The van der Waals surface area contributed by atoms with Gasteiger partial charge in [-0.05, 0) is 55.6 Å². The molecule has 6 nitrogen and oxygen atoms in total. The summed E-state index contributed by atoms with van der Waals surface area (Å²) in [6, 6.07) is 14.3. The van der Waals surface area contributed by atoms with Crippen molar-refractivity contribution in [3.63, 3.8) is 0 Å². The Kier molecular flexibility index (Phi) is 4.81. The molecule has 5 rings (SSSR count). The summed E-state index contributed by atoms with van der Waals surface area (Å²) in [6.45, 7) is 2.59. The van der Waals surface area contributed by atoms with E-state index in [1.54, 1.807) is 12.1 Å². The van der Waals surface area contributed by atoms with Crippen LogP contribution in [0, 0.1) is 11.7 Å². The number of imidazole rings is 1. The predicted octanol–water partition coefficient (Wildman–Crippen LogP) is 4.21. The van der Waals surface area contributed by atoms with Gasteiger partial charge >= 0.3 is 0 Å². The van der Waals surface area contributed by atoms with E-state index in [2.05, 4.69) is 26.1 Å². The molecule has 0 spiro atoms. The van der Waals surface area contributed by atoms with E-state index >= 15 is 0 Å². The van der Waals surface area contributed by atoms with Crippen LogP contribution in [0.4, 0.5) is 4.39 Å². The normalized spacial score (nSPS) is 17.8. The van der Waals surface area contributed by atoms with Gasteiger partial charge in [0, 0.05) is 18.5 Å². The molecule has 0 saturated carbocycles. The highest BCUT2D eigenvalue weighted by atomic mass is 19.1. The average Bonchev–Trinajstić information content (AvgIpc) is 3.34. The van der Waals surface area contributed by atoms with E-state index in [0.29, 0.717) is 29.8 Å². The molecule has 0 bridgehead atoms. The summed E-state index contributed by atoms with van der Waals surface area (Å²) in [5.41, 5.74) is 2.71. The number of fused-ring (bicyclic) bond motifs is 1. The van der Waals surface area contributed by atoms with Crippen LogP contribution >= 0.6 is 0 Å². The van der Waals surface area contributed by atoms with Gasteiger partial charge in [-0.1, -0.05) is 18.2 Å². The molecule has 2 aromatic carbocycles. The molecule has 3 heterocycles. The van der Waals surface area contributed by atoms with Crippen molar-refractivity contribution >= 4 is 11.0 Å². The standard InChI is InChI=1S/C22H22FN5O/c23-17-7-3-6-16(12-17)22-27-26-21(29-22)14-28-10-4-5-15(13-28)11-20-24-18-8-1-2-9-19(18)25-20/h1-3,6-9,12,15H,4-5,10-11,13-14H2,(H,24,25). The zero-order chi connectivity index (χ0) is 19.6. The molecule has 148 valence electrons. The summed E-state index contributed by atoms with van der Waals surface area (Å²) in [6.07, 6.45) is 3.26. The van der Waals surface area contributed by atoms with Crippen LogP contribution in [0.15, 0.2) is 52.9 Å². The maximum atomic E-state index is 13.4. The van der Waals surface area contributed by atoms with Crippen LogP contribution in [0.2, 0.25) is 0 Å². The van der Waals surface area contributed by atoms with Gasteiger partial charge in [0.1, 0.15) is 11.6 Å². The van der Waals surface area contributed by atoms with E-state index in [1.807, 2.05) is 18.2 Å². The first-order valence-electron chi connectivity index (χ1n) is 9.97. The number of rotatable bonds is 5. The molecule has 1 N–H and O–H groups in total. The highest BCUT2D eigenvalue weighted by molar-refractivity contribution is 5.74. The fourth-order valence-corrected chi connectivity index (χ4v) is 4.08. The summed E-state index contributed by atoms with van der Waals surface area (Å²) in [5, 5.41) is 8.23. The van der Waals surface area contributed by atoms with Gasteiger partial charge in [-0.2, -0.15) is 0 Å². The van der Waals surface area contributed by atoms with E-state index in [1.165, 1.54) is 18.6 Å². The second-order valence-electron chi connectivity index (χ2n) is 7.66. The summed E-state index contributed by atoms with van der Waals surface area (Å²) in [4.78, 5) is 10.5. The molecule has 0 amide bonds. The number of benzene rings is 2. The van der Waals surface area contributed by atoms with Crippen LogP contribution in [0.1, 0.15) is 24.6 Å². The first-order chi connectivity index (χ1) is 14.2. The molecule has 1 aliphatic rings. The SMILES string of the molecule is Fc1cccc(-c2nnc(CN3CCCC(Cc4nc5ccccc5[nH]4)C3)o2)c1. The first kappa shape index (κ1) is 18.0. The topological polar surface area (TPSA) is 70.8 Å². The van der Waals surface area contributed by atoms with Crippen molar-refractivity contribution in [3.8, 4) is 11.5 Å². The number of nitrogens with one attached hydrogen (secondary N) is 1. The molecule has 0 aliphatic carbocycles. The van der Waals surface area contributed by atoms with E-state index in [4.69, 9.17) is 9.40 Å². The number of aromatic amines is 1. The van der Waals surface area contributed by atoms with Crippen molar-refractivity contribution in [3.05, 3.63) is 66.1 Å². The van der Waals surface area contributed by atoms with Gasteiger partial charge in [-0.3, -0.25) is 4.90 Å². The Morgan fingerprint density at radius 1 is 1.14 bits per heavy atom. The first-order valence-corrected chi connectivity index (χ1v) is 9.97. The van der Waals surface area contributed by atoms with Crippen molar-refractivity contribution < 1.29 is 8.81 Å². The third-order valence-electron chi connectivity index (χ3n) is 5.42. The van der Waals surface area contributed by atoms with Crippen molar-refractivity contribution in [2.24, 2.45) is 5.92 Å². The Hall–Kier alpha value is -3.06. The summed E-state index contributed by atoms with van der Waals surface area (Å²) < 4.78 is 19.2.